The lowest BCUT2D eigenvalue weighted by Crippen LogP contribution is -2.50. The summed E-state index contributed by atoms with van der Waals surface area (Å²) in [4.78, 5) is 10.5. The van der Waals surface area contributed by atoms with Crippen LogP contribution in [0.15, 0.2) is 28.7 Å². The first-order chi connectivity index (χ1) is 10.8. The number of rotatable bonds is 2. The van der Waals surface area contributed by atoms with Crippen LogP contribution >= 0.6 is 0 Å². The van der Waals surface area contributed by atoms with Gasteiger partial charge in [-0.3, -0.25) is 10.3 Å². The Kier molecular flexibility index (Phi) is 2.74. The van der Waals surface area contributed by atoms with Gasteiger partial charge in [0.15, 0.2) is 5.58 Å². The van der Waals surface area contributed by atoms with Gasteiger partial charge in [-0.2, -0.15) is 4.98 Å². The maximum atomic E-state index is 6.02. The summed E-state index contributed by atoms with van der Waals surface area (Å²) in [6.45, 7) is 0.826. The van der Waals surface area contributed by atoms with E-state index in [1.54, 1.807) is 0 Å². The van der Waals surface area contributed by atoms with E-state index >= 15 is 0 Å². The van der Waals surface area contributed by atoms with E-state index in [0.717, 1.165) is 30.0 Å². The molecule has 6 nitrogen and oxygen atoms in total. The molecule has 1 aliphatic heterocycles. The van der Waals surface area contributed by atoms with Gasteiger partial charge in [-0.25, -0.2) is 0 Å². The molecule has 2 heterocycles. The van der Waals surface area contributed by atoms with Crippen molar-refractivity contribution in [2.75, 3.05) is 12.0 Å². The molecule has 2 N–H and O–H groups in total. The van der Waals surface area contributed by atoms with Crippen LogP contribution in [0.1, 0.15) is 32.1 Å². The predicted octanol–water partition coefficient (Wildman–Crippen LogP) is 2.86. The van der Waals surface area contributed by atoms with Crippen LogP contribution in [-0.4, -0.2) is 22.2 Å². The molecule has 0 radical (unpaired) electrons. The quantitative estimate of drug-likeness (QED) is 0.889. The van der Waals surface area contributed by atoms with Crippen LogP contribution in [0.5, 0.6) is 0 Å². The number of hydrogen-bond acceptors (Lipinski definition) is 6. The maximum Gasteiger partial charge on any atom is 0.311 e. The minimum absolute atomic E-state index is 0.0415. The van der Waals surface area contributed by atoms with Gasteiger partial charge in [0.1, 0.15) is 11.1 Å². The molecule has 22 heavy (non-hydrogen) atoms. The van der Waals surface area contributed by atoms with Crippen molar-refractivity contribution in [1.29, 1.82) is 0 Å². The van der Waals surface area contributed by atoms with Gasteiger partial charge in [-0.15, -0.1) is 10.7 Å². The lowest BCUT2D eigenvalue weighted by Gasteiger charge is -2.47. The SMILES string of the molecule is c1ccc2oc(NN3CC4(CC5CCC4CC5)ON3)nc2c1. The molecule has 1 spiro atoms. The molecule has 2 aromatic rings. The van der Waals surface area contributed by atoms with Crippen LogP contribution in [0, 0.1) is 11.8 Å². The van der Waals surface area contributed by atoms with Crippen molar-refractivity contribution in [1.82, 2.24) is 15.7 Å². The number of para-hydroxylation sites is 2. The van der Waals surface area contributed by atoms with Crippen molar-refractivity contribution in [2.24, 2.45) is 11.8 Å². The van der Waals surface area contributed by atoms with E-state index in [4.69, 9.17) is 9.25 Å². The van der Waals surface area contributed by atoms with Crippen molar-refractivity contribution < 1.29 is 9.25 Å². The zero-order valence-corrected chi connectivity index (χ0v) is 12.4. The molecule has 6 heteroatoms. The highest BCUT2D eigenvalue weighted by molar-refractivity contribution is 5.73. The highest BCUT2D eigenvalue weighted by Gasteiger charge is 2.53. The van der Waals surface area contributed by atoms with E-state index in [1.165, 1.54) is 25.7 Å². The number of hydrazine groups is 2. The predicted molar refractivity (Wildman–Crippen MR) is 81.4 cm³/mol. The highest BCUT2D eigenvalue weighted by atomic mass is 16.7. The number of hydrogen-bond donors (Lipinski definition) is 2. The van der Waals surface area contributed by atoms with Crippen molar-refractivity contribution in [3.8, 4) is 0 Å². The van der Waals surface area contributed by atoms with Crippen LogP contribution in [0.2, 0.25) is 0 Å². The first-order valence-corrected chi connectivity index (χ1v) is 8.14. The second-order valence-electron chi connectivity index (χ2n) is 6.86. The fourth-order valence-corrected chi connectivity index (χ4v) is 4.44. The summed E-state index contributed by atoms with van der Waals surface area (Å²) >= 11 is 0. The second kappa shape index (κ2) is 4.68. The average Bonchev–Trinajstić information content (AvgIpc) is 3.12. The third kappa shape index (κ3) is 1.95. The summed E-state index contributed by atoms with van der Waals surface area (Å²) in [6.07, 6.45) is 6.49. The van der Waals surface area contributed by atoms with Crippen LogP contribution < -0.4 is 11.0 Å². The molecule has 4 aliphatic rings. The molecule has 3 saturated carbocycles. The smallest absolute Gasteiger partial charge is 0.311 e. The molecule has 0 amide bonds. The standard InChI is InChI=1S/C16H20N4O2/c1-2-4-14-13(3-1)17-15(21-14)18-20-10-16(22-19-20)9-11-5-7-12(16)8-6-11/h1-4,11-12,19H,5-10H2,(H,17,18). The Balaban J connectivity index is 1.33. The third-order valence-electron chi connectivity index (χ3n) is 5.53. The average molecular weight is 300 g/mol. The summed E-state index contributed by atoms with van der Waals surface area (Å²) in [5.74, 6) is 1.50. The van der Waals surface area contributed by atoms with Gasteiger partial charge >= 0.3 is 6.01 Å². The fourth-order valence-electron chi connectivity index (χ4n) is 4.44. The van der Waals surface area contributed by atoms with Crippen molar-refractivity contribution in [3.63, 3.8) is 0 Å². The van der Waals surface area contributed by atoms with Crippen molar-refractivity contribution in [2.45, 2.75) is 37.7 Å². The Morgan fingerprint density at radius 3 is 2.86 bits per heavy atom. The summed E-state index contributed by atoms with van der Waals surface area (Å²) in [6, 6.07) is 8.26. The molecule has 1 unspecified atom stereocenters. The van der Waals surface area contributed by atoms with E-state index in [1.807, 2.05) is 29.4 Å². The maximum absolute atomic E-state index is 6.02. The van der Waals surface area contributed by atoms with Gasteiger partial charge in [-0.05, 0) is 56.1 Å². The molecule has 6 rings (SSSR count). The zero-order chi connectivity index (χ0) is 14.6. The van der Waals surface area contributed by atoms with E-state index < -0.39 is 0 Å². The topological polar surface area (TPSA) is 62.6 Å². The van der Waals surface area contributed by atoms with Crippen molar-refractivity contribution in [3.05, 3.63) is 24.3 Å². The summed E-state index contributed by atoms with van der Waals surface area (Å²) in [5.41, 5.74) is 7.80. The van der Waals surface area contributed by atoms with E-state index in [2.05, 4.69) is 16.0 Å². The van der Waals surface area contributed by atoms with E-state index in [9.17, 15) is 0 Å². The number of nitrogens with zero attached hydrogens (tertiary/aromatic N) is 2. The van der Waals surface area contributed by atoms with Gasteiger partial charge in [0.2, 0.25) is 0 Å². The van der Waals surface area contributed by atoms with Crippen molar-refractivity contribution >= 4 is 17.1 Å². The Morgan fingerprint density at radius 2 is 2.09 bits per heavy atom. The number of oxazole rings is 1. The molecular formula is C16H20N4O2. The number of anilines is 1. The Labute approximate surface area is 128 Å². The number of aromatic nitrogens is 1. The van der Waals surface area contributed by atoms with Crippen LogP contribution in [0.25, 0.3) is 11.1 Å². The highest BCUT2D eigenvalue weighted by Crippen LogP contribution is 2.50. The van der Waals surface area contributed by atoms with E-state index in [-0.39, 0.29) is 5.60 Å². The Morgan fingerprint density at radius 1 is 1.23 bits per heavy atom. The van der Waals surface area contributed by atoms with Crippen LogP contribution in [0.3, 0.4) is 0 Å². The second-order valence-corrected chi connectivity index (χ2v) is 6.86. The number of benzene rings is 1. The number of nitrogens with one attached hydrogen (secondary N) is 2. The summed E-state index contributed by atoms with van der Waals surface area (Å²) < 4.78 is 5.71. The molecule has 1 atom stereocenters. The minimum Gasteiger partial charge on any atom is -0.423 e. The summed E-state index contributed by atoms with van der Waals surface area (Å²) in [5, 5.41) is 1.87. The molecule has 2 bridgehead atoms. The Hall–Kier alpha value is -1.63. The largest absolute Gasteiger partial charge is 0.423 e. The normalized spacial score (nSPS) is 34.7. The molecule has 116 valence electrons. The molecule has 1 aromatic carbocycles. The van der Waals surface area contributed by atoms with Crippen LogP contribution in [0.4, 0.5) is 6.01 Å². The first-order valence-electron chi connectivity index (χ1n) is 8.14. The van der Waals surface area contributed by atoms with Gasteiger partial charge in [0, 0.05) is 0 Å². The number of fused-ring (bicyclic) bond motifs is 3. The minimum atomic E-state index is -0.0415. The summed E-state index contributed by atoms with van der Waals surface area (Å²) in [7, 11) is 0. The zero-order valence-electron chi connectivity index (χ0n) is 12.4. The third-order valence-corrected chi connectivity index (χ3v) is 5.53. The fraction of sp³-hybridized carbons (Fsp3) is 0.562. The van der Waals surface area contributed by atoms with E-state index in [0.29, 0.717) is 11.9 Å². The molecule has 1 saturated heterocycles. The molecule has 3 aliphatic carbocycles. The van der Waals surface area contributed by atoms with Crippen LogP contribution in [-0.2, 0) is 4.84 Å². The molecule has 4 fully saturated rings. The van der Waals surface area contributed by atoms with Gasteiger partial charge in [0.25, 0.3) is 0 Å². The van der Waals surface area contributed by atoms with Gasteiger partial charge in [-0.1, -0.05) is 12.1 Å². The molecular weight excluding hydrogens is 280 g/mol. The van der Waals surface area contributed by atoms with Gasteiger partial charge in [0.05, 0.1) is 6.54 Å². The lowest BCUT2D eigenvalue weighted by molar-refractivity contribution is -0.146. The monoisotopic (exact) mass is 300 g/mol. The first kappa shape index (κ1) is 12.9. The molecule has 1 aromatic heterocycles. The Bertz CT molecular complexity index is 661. The van der Waals surface area contributed by atoms with Gasteiger partial charge < -0.3 is 4.42 Å². The lowest BCUT2D eigenvalue weighted by atomic mass is 9.62.